The number of carbonyl (C=O) groups is 1. The van der Waals surface area contributed by atoms with E-state index in [0.717, 1.165) is 0 Å². The minimum absolute atomic E-state index is 0.302. The number of aromatic nitrogens is 3. The third-order valence-corrected chi connectivity index (χ3v) is 1.82. The van der Waals surface area contributed by atoms with E-state index in [2.05, 4.69) is 15.6 Å². The molecule has 0 fully saturated rings. The maximum absolute atomic E-state index is 11.6. The lowest BCUT2D eigenvalue weighted by molar-refractivity contribution is 0.102. The number of aryl methyl sites for hydroxylation is 2. The number of amides is 1. The van der Waals surface area contributed by atoms with Gasteiger partial charge in [0.05, 0.1) is 0 Å². The number of anilines is 1. The highest BCUT2D eigenvalue weighted by atomic mass is 16.5. The van der Waals surface area contributed by atoms with E-state index in [-0.39, 0.29) is 5.91 Å². The van der Waals surface area contributed by atoms with Crippen molar-refractivity contribution in [3.63, 3.8) is 0 Å². The van der Waals surface area contributed by atoms with Gasteiger partial charge >= 0.3 is 0 Å². The van der Waals surface area contributed by atoms with Gasteiger partial charge in [-0.3, -0.25) is 9.48 Å². The molecule has 2 rings (SSSR count). The Labute approximate surface area is 85.9 Å². The molecule has 2 heterocycles. The highest BCUT2D eigenvalue weighted by Crippen LogP contribution is 2.08. The van der Waals surface area contributed by atoms with Gasteiger partial charge in [0.2, 0.25) is 0 Å². The van der Waals surface area contributed by atoms with Gasteiger partial charge in [-0.05, 0) is 13.0 Å². The summed E-state index contributed by atoms with van der Waals surface area (Å²) in [4.78, 5) is 11.6. The van der Waals surface area contributed by atoms with Gasteiger partial charge in [0.25, 0.3) is 5.91 Å². The molecule has 1 N–H and O–H groups in total. The first-order valence-corrected chi connectivity index (χ1v) is 4.39. The highest BCUT2D eigenvalue weighted by molar-refractivity contribution is 6.02. The van der Waals surface area contributed by atoms with Crippen molar-refractivity contribution in [1.29, 1.82) is 0 Å². The summed E-state index contributed by atoms with van der Waals surface area (Å²) < 4.78 is 6.37. The summed E-state index contributed by atoms with van der Waals surface area (Å²) in [6.07, 6.45) is 1.70. The average Bonchev–Trinajstić information content (AvgIpc) is 2.75. The summed E-state index contributed by atoms with van der Waals surface area (Å²) in [5.41, 5.74) is 0.346. The Morgan fingerprint density at radius 1 is 1.60 bits per heavy atom. The molecular weight excluding hydrogens is 196 g/mol. The standard InChI is InChI=1S/C9H10N4O2/c1-6-5-8(12-15-6)10-9(14)7-3-4-13(2)11-7/h3-5H,1-2H3,(H,10,12,14). The quantitative estimate of drug-likeness (QED) is 0.794. The summed E-state index contributed by atoms with van der Waals surface area (Å²) in [6, 6.07) is 3.27. The molecule has 0 unspecified atom stereocenters. The van der Waals surface area contributed by atoms with Gasteiger partial charge < -0.3 is 9.84 Å². The lowest BCUT2D eigenvalue weighted by atomic mass is 10.4. The van der Waals surface area contributed by atoms with Crippen molar-refractivity contribution >= 4 is 11.7 Å². The molecule has 6 heteroatoms. The third-order valence-electron chi connectivity index (χ3n) is 1.82. The minimum Gasteiger partial charge on any atom is -0.360 e. The SMILES string of the molecule is Cc1cc(NC(=O)c2ccn(C)n2)no1. The van der Waals surface area contributed by atoms with E-state index in [0.29, 0.717) is 17.3 Å². The summed E-state index contributed by atoms with van der Waals surface area (Å²) in [6.45, 7) is 1.75. The normalized spacial score (nSPS) is 10.3. The maximum atomic E-state index is 11.6. The van der Waals surface area contributed by atoms with Crippen LogP contribution < -0.4 is 5.32 Å². The molecule has 6 nitrogen and oxygen atoms in total. The number of carbonyl (C=O) groups excluding carboxylic acids is 1. The van der Waals surface area contributed by atoms with Crippen LogP contribution in [0.2, 0.25) is 0 Å². The largest absolute Gasteiger partial charge is 0.360 e. The summed E-state index contributed by atoms with van der Waals surface area (Å²) in [7, 11) is 1.75. The van der Waals surface area contributed by atoms with Crippen molar-refractivity contribution in [1.82, 2.24) is 14.9 Å². The smallest absolute Gasteiger partial charge is 0.277 e. The summed E-state index contributed by atoms with van der Waals surface area (Å²) in [5.74, 6) is 0.735. The van der Waals surface area contributed by atoms with E-state index in [1.165, 1.54) is 0 Å². The van der Waals surface area contributed by atoms with Crippen LogP contribution in [0.4, 0.5) is 5.82 Å². The van der Waals surface area contributed by atoms with Crippen LogP contribution in [-0.4, -0.2) is 20.8 Å². The molecule has 0 aliphatic heterocycles. The van der Waals surface area contributed by atoms with Crippen molar-refractivity contribution in [3.05, 3.63) is 29.8 Å². The van der Waals surface area contributed by atoms with Gasteiger partial charge in [0, 0.05) is 19.3 Å². The van der Waals surface area contributed by atoms with Crippen LogP contribution in [0.1, 0.15) is 16.2 Å². The molecular formula is C9H10N4O2. The number of hydrogen-bond acceptors (Lipinski definition) is 4. The molecule has 2 aromatic heterocycles. The Balaban J connectivity index is 2.10. The zero-order chi connectivity index (χ0) is 10.8. The molecule has 1 amide bonds. The number of rotatable bonds is 2. The molecule has 15 heavy (non-hydrogen) atoms. The molecule has 0 radical (unpaired) electrons. The van der Waals surface area contributed by atoms with Crippen molar-refractivity contribution < 1.29 is 9.32 Å². The van der Waals surface area contributed by atoms with Gasteiger partial charge in [-0.15, -0.1) is 0 Å². The van der Waals surface area contributed by atoms with E-state index < -0.39 is 0 Å². The minimum atomic E-state index is -0.302. The van der Waals surface area contributed by atoms with Crippen LogP contribution >= 0.6 is 0 Å². The van der Waals surface area contributed by atoms with Crippen molar-refractivity contribution in [3.8, 4) is 0 Å². The molecule has 2 aromatic rings. The number of nitrogens with one attached hydrogen (secondary N) is 1. The van der Waals surface area contributed by atoms with Gasteiger partial charge in [0.1, 0.15) is 5.76 Å². The van der Waals surface area contributed by atoms with Gasteiger partial charge in [0.15, 0.2) is 11.5 Å². The fraction of sp³-hybridized carbons (Fsp3) is 0.222. The fourth-order valence-corrected chi connectivity index (χ4v) is 1.14. The van der Waals surface area contributed by atoms with E-state index >= 15 is 0 Å². The Morgan fingerprint density at radius 2 is 2.40 bits per heavy atom. The first kappa shape index (κ1) is 9.45. The molecule has 0 spiro atoms. The van der Waals surface area contributed by atoms with Crippen LogP contribution in [-0.2, 0) is 7.05 Å². The van der Waals surface area contributed by atoms with Gasteiger partial charge in [-0.2, -0.15) is 5.10 Å². The highest BCUT2D eigenvalue weighted by Gasteiger charge is 2.10. The summed E-state index contributed by atoms with van der Waals surface area (Å²) >= 11 is 0. The zero-order valence-electron chi connectivity index (χ0n) is 8.39. The number of nitrogens with zero attached hydrogens (tertiary/aromatic N) is 3. The molecule has 0 bridgehead atoms. The fourth-order valence-electron chi connectivity index (χ4n) is 1.14. The van der Waals surface area contributed by atoms with E-state index in [1.54, 1.807) is 37.0 Å². The van der Waals surface area contributed by atoms with Gasteiger partial charge in [-0.1, -0.05) is 5.16 Å². The molecule has 0 aliphatic rings. The first-order valence-electron chi connectivity index (χ1n) is 4.39. The van der Waals surface area contributed by atoms with Crippen molar-refractivity contribution in [2.75, 3.05) is 5.32 Å². The predicted molar refractivity (Wildman–Crippen MR) is 52.4 cm³/mol. The van der Waals surface area contributed by atoms with Crippen LogP contribution in [0, 0.1) is 6.92 Å². The molecule has 0 aromatic carbocycles. The molecule has 0 atom stereocenters. The Morgan fingerprint density at radius 3 is 2.93 bits per heavy atom. The lowest BCUT2D eigenvalue weighted by Crippen LogP contribution is -2.13. The topological polar surface area (TPSA) is 73.0 Å². The second-order valence-corrected chi connectivity index (χ2v) is 3.15. The van der Waals surface area contributed by atoms with Crippen molar-refractivity contribution in [2.24, 2.45) is 7.05 Å². The molecule has 0 aliphatic carbocycles. The molecule has 0 saturated heterocycles. The Bertz CT molecular complexity index is 486. The molecule has 78 valence electrons. The van der Waals surface area contributed by atoms with Crippen LogP contribution in [0.15, 0.2) is 22.9 Å². The Kier molecular flexibility index (Phi) is 2.24. The van der Waals surface area contributed by atoms with Gasteiger partial charge in [-0.25, -0.2) is 0 Å². The second kappa shape index (κ2) is 3.56. The summed E-state index contributed by atoms with van der Waals surface area (Å²) in [5, 5.41) is 10.2. The van der Waals surface area contributed by atoms with Crippen LogP contribution in [0.3, 0.4) is 0 Å². The van der Waals surface area contributed by atoms with Crippen LogP contribution in [0.5, 0.6) is 0 Å². The van der Waals surface area contributed by atoms with E-state index in [4.69, 9.17) is 4.52 Å². The molecule has 0 saturated carbocycles. The lowest BCUT2D eigenvalue weighted by Gasteiger charge is -1.95. The maximum Gasteiger partial charge on any atom is 0.277 e. The first-order chi connectivity index (χ1) is 7.15. The van der Waals surface area contributed by atoms with E-state index in [1.807, 2.05) is 0 Å². The van der Waals surface area contributed by atoms with Crippen molar-refractivity contribution in [2.45, 2.75) is 6.92 Å². The second-order valence-electron chi connectivity index (χ2n) is 3.15. The number of hydrogen-bond donors (Lipinski definition) is 1. The van der Waals surface area contributed by atoms with Crippen LogP contribution in [0.25, 0.3) is 0 Å². The zero-order valence-corrected chi connectivity index (χ0v) is 8.39. The third kappa shape index (κ3) is 2.04. The van der Waals surface area contributed by atoms with E-state index in [9.17, 15) is 4.79 Å². The monoisotopic (exact) mass is 206 g/mol. The average molecular weight is 206 g/mol. The predicted octanol–water partition coefficient (Wildman–Crippen LogP) is 0.969. The Hall–Kier alpha value is -2.11.